The van der Waals surface area contributed by atoms with E-state index >= 15 is 0 Å². The lowest BCUT2D eigenvalue weighted by molar-refractivity contribution is -0.122. The van der Waals surface area contributed by atoms with Gasteiger partial charge >= 0.3 is 0 Å². The number of benzene rings is 2. The van der Waals surface area contributed by atoms with Crippen molar-refractivity contribution in [1.29, 1.82) is 0 Å². The molecule has 25 heavy (non-hydrogen) atoms. The molecule has 2 rings (SSSR count). The van der Waals surface area contributed by atoms with Crippen LogP contribution >= 0.6 is 0 Å². The molecule has 0 aliphatic carbocycles. The monoisotopic (exact) mass is 340 g/mol. The Morgan fingerprint density at radius 3 is 2.56 bits per heavy atom. The third-order valence-electron chi connectivity index (χ3n) is 4.04. The number of ether oxygens (including phenoxy) is 1. The van der Waals surface area contributed by atoms with Crippen LogP contribution in [0.1, 0.15) is 17.5 Å². The zero-order chi connectivity index (χ0) is 17.9. The predicted molar refractivity (Wildman–Crippen MR) is 102 cm³/mol. The zero-order valence-corrected chi connectivity index (χ0v) is 15.2. The normalized spacial score (nSPS) is 10.7. The van der Waals surface area contributed by atoms with E-state index in [0.29, 0.717) is 26.2 Å². The van der Waals surface area contributed by atoms with Gasteiger partial charge in [-0.25, -0.2) is 0 Å². The largest absolute Gasteiger partial charge is 0.492 e. The van der Waals surface area contributed by atoms with Gasteiger partial charge in [0.15, 0.2) is 0 Å². The van der Waals surface area contributed by atoms with Gasteiger partial charge in [-0.3, -0.25) is 9.69 Å². The molecule has 1 N–H and O–H groups in total. The number of nitrogens with zero attached hydrogens (tertiary/aromatic N) is 1. The fourth-order valence-electron chi connectivity index (χ4n) is 2.57. The summed E-state index contributed by atoms with van der Waals surface area (Å²) in [6.07, 6.45) is 1.94. The lowest BCUT2D eigenvalue weighted by atomic mass is 10.1. The van der Waals surface area contributed by atoms with Crippen LogP contribution in [0, 0.1) is 6.92 Å². The minimum atomic E-state index is 0.0615. The Bertz CT molecular complexity index is 643. The second-order valence-corrected chi connectivity index (χ2v) is 6.29. The Balaban J connectivity index is 1.56. The number of aryl methyl sites for hydroxylation is 2. The van der Waals surface area contributed by atoms with E-state index in [1.807, 2.05) is 61.3 Å². The average Bonchev–Trinajstić information content (AvgIpc) is 2.61. The predicted octanol–water partition coefficient (Wildman–Crippen LogP) is 3.05. The molecule has 0 saturated carbocycles. The summed E-state index contributed by atoms with van der Waals surface area (Å²) in [5.41, 5.74) is 2.43. The minimum Gasteiger partial charge on any atom is -0.492 e. The van der Waals surface area contributed by atoms with Crippen LogP contribution in [0.25, 0.3) is 0 Å². The lowest BCUT2D eigenvalue weighted by Gasteiger charge is -2.17. The molecule has 134 valence electrons. The number of likely N-dealkylation sites (N-methyl/N-ethyl adjacent to an activating group) is 1. The number of nitrogens with one attached hydrogen (secondary N) is 1. The maximum absolute atomic E-state index is 12.0. The van der Waals surface area contributed by atoms with Crippen LogP contribution in [0.2, 0.25) is 0 Å². The molecule has 1 amide bonds. The van der Waals surface area contributed by atoms with E-state index in [4.69, 9.17) is 4.74 Å². The molecule has 0 radical (unpaired) electrons. The van der Waals surface area contributed by atoms with Gasteiger partial charge in [0.1, 0.15) is 12.4 Å². The molecule has 2 aromatic rings. The summed E-state index contributed by atoms with van der Waals surface area (Å²) in [5, 5.41) is 2.98. The number of rotatable bonds is 10. The van der Waals surface area contributed by atoms with Gasteiger partial charge in [0.25, 0.3) is 0 Å². The van der Waals surface area contributed by atoms with Crippen LogP contribution in [0.3, 0.4) is 0 Å². The smallest absolute Gasteiger partial charge is 0.234 e. The van der Waals surface area contributed by atoms with Crippen molar-refractivity contribution in [1.82, 2.24) is 10.2 Å². The number of hydrogen-bond acceptors (Lipinski definition) is 3. The summed E-state index contributed by atoms with van der Waals surface area (Å²) in [4.78, 5) is 13.9. The first-order valence-corrected chi connectivity index (χ1v) is 8.83. The van der Waals surface area contributed by atoms with E-state index in [9.17, 15) is 4.79 Å². The lowest BCUT2D eigenvalue weighted by Crippen LogP contribution is -2.37. The molecule has 0 bridgehead atoms. The van der Waals surface area contributed by atoms with Crippen molar-refractivity contribution in [2.24, 2.45) is 0 Å². The van der Waals surface area contributed by atoms with Crippen molar-refractivity contribution < 1.29 is 9.53 Å². The standard InChI is InChI=1S/C21H28N2O2/c1-18-9-6-7-13-20(18)25-16-15-23(2)17-21(24)22-14-8-12-19-10-4-3-5-11-19/h3-7,9-11,13H,8,12,14-17H2,1-2H3,(H,22,24). The number of amides is 1. The fraction of sp³-hybridized carbons (Fsp3) is 0.381. The molecule has 0 fully saturated rings. The number of carbonyl (C=O) groups is 1. The summed E-state index contributed by atoms with van der Waals surface area (Å²) in [7, 11) is 1.94. The molecule has 2 aromatic carbocycles. The van der Waals surface area contributed by atoms with Gasteiger partial charge in [-0.2, -0.15) is 0 Å². The second kappa shape index (κ2) is 10.5. The molecule has 4 nitrogen and oxygen atoms in total. The molecule has 0 aliphatic rings. The Morgan fingerprint density at radius 2 is 1.80 bits per heavy atom. The third-order valence-corrected chi connectivity index (χ3v) is 4.04. The van der Waals surface area contributed by atoms with Gasteiger partial charge in [0, 0.05) is 13.1 Å². The minimum absolute atomic E-state index is 0.0615. The highest BCUT2D eigenvalue weighted by molar-refractivity contribution is 5.77. The Kier molecular flexibility index (Phi) is 7.99. The van der Waals surface area contributed by atoms with E-state index in [0.717, 1.165) is 24.2 Å². The summed E-state index contributed by atoms with van der Waals surface area (Å²) in [5.74, 6) is 0.965. The van der Waals surface area contributed by atoms with Crippen molar-refractivity contribution in [3.05, 3.63) is 65.7 Å². The summed E-state index contributed by atoms with van der Waals surface area (Å²) in [6, 6.07) is 18.3. The Labute approximate surface area is 150 Å². The van der Waals surface area contributed by atoms with Crippen molar-refractivity contribution in [2.75, 3.05) is 33.3 Å². The van der Waals surface area contributed by atoms with E-state index in [1.165, 1.54) is 5.56 Å². The highest BCUT2D eigenvalue weighted by Crippen LogP contribution is 2.15. The van der Waals surface area contributed by atoms with Gasteiger partial charge in [-0.1, -0.05) is 48.5 Å². The van der Waals surface area contributed by atoms with E-state index < -0.39 is 0 Å². The van der Waals surface area contributed by atoms with Crippen molar-refractivity contribution >= 4 is 5.91 Å². The van der Waals surface area contributed by atoms with Gasteiger partial charge in [0.05, 0.1) is 6.54 Å². The van der Waals surface area contributed by atoms with Crippen LogP contribution in [-0.2, 0) is 11.2 Å². The second-order valence-electron chi connectivity index (χ2n) is 6.29. The quantitative estimate of drug-likeness (QED) is 0.676. The van der Waals surface area contributed by atoms with Crippen molar-refractivity contribution in [3.8, 4) is 5.75 Å². The molecular weight excluding hydrogens is 312 g/mol. The molecule has 0 saturated heterocycles. The van der Waals surface area contributed by atoms with Crippen molar-refractivity contribution in [2.45, 2.75) is 19.8 Å². The summed E-state index contributed by atoms with van der Waals surface area (Å²) in [6.45, 7) is 4.42. The highest BCUT2D eigenvalue weighted by atomic mass is 16.5. The van der Waals surface area contributed by atoms with Crippen molar-refractivity contribution in [3.63, 3.8) is 0 Å². The van der Waals surface area contributed by atoms with Crippen LogP contribution in [0.15, 0.2) is 54.6 Å². The molecule has 0 atom stereocenters. The SMILES string of the molecule is Cc1ccccc1OCCN(C)CC(=O)NCCCc1ccccc1. The maximum atomic E-state index is 12.0. The van der Waals surface area contributed by atoms with E-state index in [-0.39, 0.29) is 5.91 Å². The fourth-order valence-corrected chi connectivity index (χ4v) is 2.57. The van der Waals surface area contributed by atoms with Gasteiger partial charge < -0.3 is 10.1 Å². The molecule has 0 aliphatic heterocycles. The molecular formula is C21H28N2O2. The van der Waals surface area contributed by atoms with Gasteiger partial charge in [-0.05, 0) is 44.0 Å². The molecule has 4 heteroatoms. The van der Waals surface area contributed by atoms with Crippen LogP contribution < -0.4 is 10.1 Å². The number of carbonyl (C=O) groups excluding carboxylic acids is 1. The Morgan fingerprint density at radius 1 is 1.08 bits per heavy atom. The number of hydrogen-bond donors (Lipinski definition) is 1. The third kappa shape index (κ3) is 7.40. The summed E-state index contributed by atoms with van der Waals surface area (Å²) >= 11 is 0. The van der Waals surface area contributed by atoms with Crippen LogP contribution in [0.5, 0.6) is 5.75 Å². The summed E-state index contributed by atoms with van der Waals surface area (Å²) < 4.78 is 5.76. The average molecular weight is 340 g/mol. The molecule has 0 heterocycles. The Hall–Kier alpha value is -2.33. The van der Waals surface area contributed by atoms with Crippen LogP contribution in [-0.4, -0.2) is 44.1 Å². The molecule has 0 unspecified atom stereocenters. The maximum Gasteiger partial charge on any atom is 0.234 e. The van der Waals surface area contributed by atoms with E-state index in [1.54, 1.807) is 0 Å². The van der Waals surface area contributed by atoms with Gasteiger partial charge in [-0.15, -0.1) is 0 Å². The zero-order valence-electron chi connectivity index (χ0n) is 15.2. The first kappa shape index (κ1) is 19.0. The molecule has 0 aromatic heterocycles. The highest BCUT2D eigenvalue weighted by Gasteiger charge is 2.06. The molecule has 0 spiro atoms. The first-order chi connectivity index (χ1) is 12.1. The van der Waals surface area contributed by atoms with Gasteiger partial charge in [0.2, 0.25) is 5.91 Å². The van der Waals surface area contributed by atoms with Crippen LogP contribution in [0.4, 0.5) is 0 Å². The van der Waals surface area contributed by atoms with E-state index in [2.05, 4.69) is 17.4 Å². The topological polar surface area (TPSA) is 41.6 Å². The number of para-hydroxylation sites is 1. The first-order valence-electron chi connectivity index (χ1n) is 8.83.